The van der Waals surface area contributed by atoms with Crippen LogP contribution in [0.25, 0.3) is 0 Å². The Labute approximate surface area is 191 Å². The van der Waals surface area contributed by atoms with Gasteiger partial charge in [-0.15, -0.1) is 0 Å². The third kappa shape index (κ3) is 5.63. The van der Waals surface area contributed by atoms with Crippen LogP contribution in [-0.4, -0.2) is 50.6 Å². The summed E-state index contributed by atoms with van der Waals surface area (Å²) >= 11 is 0. The first-order valence-corrected chi connectivity index (χ1v) is 11.6. The smallest absolute Gasteiger partial charge is 0.261 e. The third-order valence-electron chi connectivity index (χ3n) is 4.68. The van der Waals surface area contributed by atoms with E-state index in [1.54, 1.807) is 56.5 Å². The minimum atomic E-state index is -3.63. The molecule has 0 radical (unpaired) electrons. The summed E-state index contributed by atoms with van der Waals surface area (Å²) in [6, 6.07) is 11.8. The second kappa shape index (κ2) is 9.65. The molecule has 0 aliphatic carbocycles. The molecule has 0 spiro atoms. The Bertz CT molecular complexity index is 1310. The van der Waals surface area contributed by atoms with Gasteiger partial charge in [0, 0.05) is 36.4 Å². The topological polar surface area (TPSA) is 139 Å². The number of carbonyl (C=O) groups excluding carboxylic acids is 2. The van der Waals surface area contributed by atoms with Gasteiger partial charge in [-0.2, -0.15) is 0 Å². The molecule has 0 bridgehead atoms. The van der Waals surface area contributed by atoms with E-state index < -0.39 is 15.7 Å². The number of amides is 2. The van der Waals surface area contributed by atoms with Crippen molar-refractivity contribution in [2.24, 2.45) is 0 Å². The maximum Gasteiger partial charge on any atom is 0.261 e. The molecule has 1 heterocycles. The number of hydrogen-bond donors (Lipinski definition) is 3. The molecule has 3 rings (SSSR count). The van der Waals surface area contributed by atoms with Crippen LogP contribution in [0.5, 0.6) is 5.75 Å². The molecule has 10 nitrogen and oxygen atoms in total. The van der Waals surface area contributed by atoms with Crippen molar-refractivity contribution >= 4 is 38.8 Å². The number of anilines is 3. The molecule has 2 aromatic carbocycles. The number of sulfone groups is 1. The Morgan fingerprint density at radius 2 is 1.70 bits per heavy atom. The van der Waals surface area contributed by atoms with Crippen LogP contribution in [0.2, 0.25) is 0 Å². The van der Waals surface area contributed by atoms with Gasteiger partial charge in [-0.05, 0) is 48.9 Å². The van der Waals surface area contributed by atoms with Gasteiger partial charge in [0.1, 0.15) is 17.1 Å². The molecule has 0 aliphatic heterocycles. The van der Waals surface area contributed by atoms with E-state index >= 15 is 0 Å². The van der Waals surface area contributed by atoms with Crippen molar-refractivity contribution < 1.29 is 22.7 Å². The average molecular weight is 470 g/mol. The summed E-state index contributed by atoms with van der Waals surface area (Å²) in [5, 5.41) is 7.86. The average Bonchev–Trinajstić information content (AvgIpc) is 2.80. The Kier molecular flexibility index (Phi) is 6.92. The van der Waals surface area contributed by atoms with Crippen LogP contribution >= 0.6 is 0 Å². The van der Waals surface area contributed by atoms with Crippen molar-refractivity contribution in [3.05, 3.63) is 65.4 Å². The SMILES string of the molecule is CNc1nc(S(C)(=O)=O)ncc1C(=O)Nc1cc(NC(=O)c2ccc(OC)cc2)ccc1C. The van der Waals surface area contributed by atoms with Crippen LogP contribution in [0, 0.1) is 6.92 Å². The van der Waals surface area contributed by atoms with Crippen LogP contribution in [0.3, 0.4) is 0 Å². The van der Waals surface area contributed by atoms with E-state index in [2.05, 4.69) is 25.9 Å². The van der Waals surface area contributed by atoms with Crippen LogP contribution in [0.4, 0.5) is 17.2 Å². The lowest BCUT2D eigenvalue weighted by Crippen LogP contribution is -2.18. The van der Waals surface area contributed by atoms with Crippen LogP contribution in [-0.2, 0) is 9.84 Å². The first-order valence-electron chi connectivity index (χ1n) is 9.74. The summed E-state index contributed by atoms with van der Waals surface area (Å²) in [6.45, 7) is 1.80. The van der Waals surface area contributed by atoms with Gasteiger partial charge in [0.25, 0.3) is 11.8 Å². The van der Waals surface area contributed by atoms with Gasteiger partial charge >= 0.3 is 0 Å². The van der Waals surface area contributed by atoms with Crippen LogP contribution in [0.15, 0.2) is 53.8 Å². The van der Waals surface area contributed by atoms with Crippen LogP contribution in [0.1, 0.15) is 26.3 Å². The quantitative estimate of drug-likeness (QED) is 0.449. The van der Waals surface area contributed by atoms with Gasteiger partial charge in [0.2, 0.25) is 15.0 Å². The molecule has 0 saturated heterocycles. The molecule has 0 atom stereocenters. The molecule has 3 aromatic rings. The number of aryl methyl sites for hydroxylation is 1. The van der Waals surface area contributed by atoms with E-state index in [4.69, 9.17) is 4.74 Å². The Balaban J connectivity index is 1.81. The number of nitrogens with zero attached hydrogens (tertiary/aromatic N) is 2. The number of hydrogen-bond acceptors (Lipinski definition) is 8. The monoisotopic (exact) mass is 469 g/mol. The van der Waals surface area contributed by atoms with E-state index in [0.717, 1.165) is 18.0 Å². The maximum atomic E-state index is 12.8. The summed E-state index contributed by atoms with van der Waals surface area (Å²) in [5.41, 5.74) is 2.21. The highest BCUT2D eigenvalue weighted by atomic mass is 32.2. The molecule has 0 saturated carbocycles. The van der Waals surface area contributed by atoms with Crippen molar-refractivity contribution in [2.45, 2.75) is 12.1 Å². The molecule has 172 valence electrons. The fraction of sp³-hybridized carbons (Fsp3) is 0.182. The zero-order valence-electron chi connectivity index (χ0n) is 18.5. The van der Waals surface area contributed by atoms with Crippen molar-refractivity contribution in [3.8, 4) is 5.75 Å². The second-order valence-electron chi connectivity index (χ2n) is 7.10. The second-order valence-corrected chi connectivity index (χ2v) is 9.01. The lowest BCUT2D eigenvalue weighted by Gasteiger charge is -2.13. The molecule has 0 fully saturated rings. The van der Waals surface area contributed by atoms with Crippen molar-refractivity contribution in [2.75, 3.05) is 36.4 Å². The van der Waals surface area contributed by atoms with E-state index in [9.17, 15) is 18.0 Å². The summed E-state index contributed by atoms with van der Waals surface area (Å²) in [4.78, 5) is 33.1. The number of aromatic nitrogens is 2. The minimum absolute atomic E-state index is 0.0666. The summed E-state index contributed by atoms with van der Waals surface area (Å²) < 4.78 is 28.5. The predicted octanol–water partition coefficient (Wildman–Crippen LogP) is 2.74. The fourth-order valence-electron chi connectivity index (χ4n) is 2.87. The van der Waals surface area contributed by atoms with E-state index in [1.165, 1.54) is 7.05 Å². The van der Waals surface area contributed by atoms with E-state index in [0.29, 0.717) is 22.7 Å². The van der Waals surface area contributed by atoms with Gasteiger partial charge in [0.05, 0.1) is 7.11 Å². The van der Waals surface area contributed by atoms with Crippen molar-refractivity contribution in [1.82, 2.24) is 9.97 Å². The largest absolute Gasteiger partial charge is 0.497 e. The summed E-state index contributed by atoms with van der Waals surface area (Å²) in [6.07, 6.45) is 2.13. The first kappa shape index (κ1) is 23.7. The molecular formula is C22H23N5O5S. The molecule has 0 aliphatic rings. The van der Waals surface area contributed by atoms with Crippen molar-refractivity contribution in [3.63, 3.8) is 0 Å². The number of nitrogens with one attached hydrogen (secondary N) is 3. The van der Waals surface area contributed by atoms with Gasteiger partial charge in [-0.25, -0.2) is 18.4 Å². The Hall–Kier alpha value is -3.99. The van der Waals surface area contributed by atoms with E-state index in [1.807, 2.05) is 0 Å². The molecular weight excluding hydrogens is 446 g/mol. The maximum absolute atomic E-state index is 12.8. The minimum Gasteiger partial charge on any atom is -0.497 e. The lowest BCUT2D eigenvalue weighted by molar-refractivity contribution is 0.101. The van der Waals surface area contributed by atoms with Gasteiger partial charge in [-0.3, -0.25) is 9.59 Å². The highest BCUT2D eigenvalue weighted by Crippen LogP contribution is 2.23. The Morgan fingerprint density at radius 1 is 1.00 bits per heavy atom. The number of carbonyl (C=O) groups is 2. The highest BCUT2D eigenvalue weighted by molar-refractivity contribution is 7.90. The fourth-order valence-corrected chi connectivity index (χ4v) is 3.37. The third-order valence-corrected chi connectivity index (χ3v) is 5.54. The van der Waals surface area contributed by atoms with Crippen molar-refractivity contribution in [1.29, 1.82) is 0 Å². The molecule has 0 unspecified atom stereocenters. The number of benzene rings is 2. The summed E-state index contributed by atoms with van der Waals surface area (Å²) in [7, 11) is -0.565. The Morgan fingerprint density at radius 3 is 2.30 bits per heavy atom. The normalized spacial score (nSPS) is 10.9. The zero-order valence-corrected chi connectivity index (χ0v) is 19.3. The number of rotatable bonds is 7. The molecule has 3 N–H and O–H groups in total. The highest BCUT2D eigenvalue weighted by Gasteiger charge is 2.19. The number of methoxy groups -OCH3 is 1. The van der Waals surface area contributed by atoms with Gasteiger partial charge in [-0.1, -0.05) is 6.07 Å². The molecule has 33 heavy (non-hydrogen) atoms. The van der Waals surface area contributed by atoms with Gasteiger partial charge < -0.3 is 20.7 Å². The lowest BCUT2D eigenvalue weighted by atomic mass is 10.1. The van der Waals surface area contributed by atoms with Gasteiger partial charge in [0.15, 0.2) is 0 Å². The van der Waals surface area contributed by atoms with Crippen LogP contribution < -0.4 is 20.7 Å². The standard InChI is InChI=1S/C22H23N5O5S/c1-13-5-8-15(25-20(28)14-6-9-16(32-3)10-7-14)11-18(13)26-21(29)17-12-24-22(33(4,30)31)27-19(17)23-2/h5-12H,1-4H3,(H,25,28)(H,26,29)(H,23,24,27). The molecule has 11 heteroatoms. The van der Waals surface area contributed by atoms with E-state index in [-0.39, 0.29) is 22.4 Å². The molecule has 1 aromatic heterocycles. The summed E-state index contributed by atoms with van der Waals surface area (Å²) in [5.74, 6) is -0.145. The zero-order chi connectivity index (χ0) is 24.2. The predicted molar refractivity (Wildman–Crippen MR) is 125 cm³/mol. The number of ether oxygens (including phenoxy) is 1. The first-order chi connectivity index (χ1) is 15.6. The molecule has 2 amide bonds.